The average Bonchev–Trinajstić information content (AvgIpc) is 2.62. The molecule has 0 aliphatic heterocycles. The van der Waals surface area contributed by atoms with E-state index in [4.69, 9.17) is 16.3 Å². The maximum Gasteiger partial charge on any atom is 0.163 e. The molecule has 86 valence electrons. The fraction of sp³-hybridized carbons (Fsp3) is 0.500. The van der Waals surface area contributed by atoms with Gasteiger partial charge in [0.15, 0.2) is 5.65 Å². The van der Waals surface area contributed by atoms with Gasteiger partial charge in [0.1, 0.15) is 11.0 Å². The number of halogens is 1. The fourth-order valence-electron chi connectivity index (χ4n) is 1.48. The van der Waals surface area contributed by atoms with Crippen LogP contribution in [0, 0.1) is 6.92 Å². The highest BCUT2D eigenvalue weighted by Crippen LogP contribution is 2.19. The van der Waals surface area contributed by atoms with Crippen molar-refractivity contribution in [3.8, 4) is 0 Å². The van der Waals surface area contributed by atoms with Crippen LogP contribution >= 0.6 is 11.6 Å². The Morgan fingerprint density at radius 2 is 2.25 bits per heavy atom. The highest BCUT2D eigenvalue weighted by molar-refractivity contribution is 6.33. The first kappa shape index (κ1) is 11.3. The number of aromatic nitrogens is 4. The van der Waals surface area contributed by atoms with E-state index in [1.165, 1.54) is 0 Å². The van der Waals surface area contributed by atoms with Gasteiger partial charge in [-0.1, -0.05) is 11.6 Å². The normalized spacial score (nSPS) is 11.2. The molecule has 0 aliphatic carbocycles. The second-order valence-electron chi connectivity index (χ2n) is 3.36. The number of aryl methyl sites for hydroxylation is 1. The third-order valence-electron chi connectivity index (χ3n) is 2.21. The Labute approximate surface area is 98.4 Å². The molecule has 16 heavy (non-hydrogen) atoms. The van der Waals surface area contributed by atoms with E-state index < -0.39 is 0 Å². The number of hydrogen-bond donors (Lipinski definition) is 0. The van der Waals surface area contributed by atoms with Crippen molar-refractivity contribution in [2.45, 2.75) is 20.4 Å². The van der Waals surface area contributed by atoms with E-state index >= 15 is 0 Å². The molecule has 0 atom stereocenters. The van der Waals surface area contributed by atoms with Crippen LogP contribution in [0.1, 0.15) is 12.7 Å². The fourth-order valence-corrected chi connectivity index (χ4v) is 1.74. The second-order valence-corrected chi connectivity index (χ2v) is 3.72. The monoisotopic (exact) mass is 240 g/mol. The van der Waals surface area contributed by atoms with Crippen molar-refractivity contribution < 1.29 is 4.74 Å². The van der Waals surface area contributed by atoms with E-state index in [0.29, 0.717) is 30.7 Å². The van der Waals surface area contributed by atoms with E-state index in [2.05, 4.69) is 15.1 Å². The van der Waals surface area contributed by atoms with Crippen LogP contribution in [-0.2, 0) is 11.3 Å². The predicted octanol–water partition coefficient (Wildman–Crippen LogP) is 1.82. The van der Waals surface area contributed by atoms with Crippen molar-refractivity contribution in [1.82, 2.24) is 19.7 Å². The van der Waals surface area contributed by atoms with Crippen molar-refractivity contribution >= 4 is 22.6 Å². The van der Waals surface area contributed by atoms with Crippen LogP contribution in [0.5, 0.6) is 0 Å². The molecular formula is C10H13ClN4O. The Balaban J connectivity index is 2.32. The van der Waals surface area contributed by atoms with Crippen molar-refractivity contribution in [1.29, 1.82) is 0 Å². The summed E-state index contributed by atoms with van der Waals surface area (Å²) in [5, 5.41) is 5.45. The minimum Gasteiger partial charge on any atom is -0.380 e. The second kappa shape index (κ2) is 4.76. The number of ether oxygens (including phenoxy) is 1. The molecule has 0 saturated heterocycles. The zero-order valence-corrected chi connectivity index (χ0v) is 10.0. The summed E-state index contributed by atoms with van der Waals surface area (Å²) in [4.78, 5) is 8.41. The van der Waals surface area contributed by atoms with Gasteiger partial charge in [0.05, 0.1) is 24.7 Å². The van der Waals surface area contributed by atoms with Gasteiger partial charge in [0.2, 0.25) is 0 Å². The van der Waals surface area contributed by atoms with Crippen molar-refractivity contribution in [2.75, 3.05) is 13.2 Å². The zero-order valence-electron chi connectivity index (χ0n) is 9.27. The Bertz CT molecular complexity index is 497. The van der Waals surface area contributed by atoms with Crippen LogP contribution in [0.25, 0.3) is 11.0 Å². The van der Waals surface area contributed by atoms with Gasteiger partial charge in [0.25, 0.3) is 0 Å². The molecule has 2 rings (SSSR count). The molecule has 0 saturated carbocycles. The first-order chi connectivity index (χ1) is 7.72. The van der Waals surface area contributed by atoms with Crippen molar-refractivity contribution in [3.05, 3.63) is 17.2 Å². The maximum atomic E-state index is 6.00. The quantitative estimate of drug-likeness (QED) is 0.604. The molecule has 0 amide bonds. The summed E-state index contributed by atoms with van der Waals surface area (Å²) in [5.74, 6) is 0.649. The summed E-state index contributed by atoms with van der Waals surface area (Å²) in [7, 11) is 0. The lowest BCUT2D eigenvalue weighted by Crippen LogP contribution is -2.08. The highest BCUT2D eigenvalue weighted by Gasteiger charge is 2.09. The number of hydrogen-bond acceptors (Lipinski definition) is 4. The SMILES string of the molecule is CCOCCn1ncc2c(Cl)nc(C)nc21. The molecule has 0 aliphatic rings. The van der Waals surface area contributed by atoms with Crippen LogP contribution in [-0.4, -0.2) is 33.0 Å². The molecule has 0 radical (unpaired) electrons. The lowest BCUT2D eigenvalue weighted by Gasteiger charge is -2.03. The maximum absolute atomic E-state index is 6.00. The Kier molecular flexibility index (Phi) is 3.36. The van der Waals surface area contributed by atoms with Gasteiger partial charge < -0.3 is 4.74 Å². The van der Waals surface area contributed by atoms with Crippen LogP contribution in [0.2, 0.25) is 5.15 Å². The third-order valence-corrected chi connectivity index (χ3v) is 2.50. The molecule has 0 N–H and O–H groups in total. The van der Waals surface area contributed by atoms with Gasteiger partial charge in [-0.3, -0.25) is 0 Å². The zero-order chi connectivity index (χ0) is 11.5. The molecular weight excluding hydrogens is 228 g/mol. The van der Waals surface area contributed by atoms with Gasteiger partial charge >= 0.3 is 0 Å². The smallest absolute Gasteiger partial charge is 0.163 e. The lowest BCUT2D eigenvalue weighted by atomic mass is 10.4. The first-order valence-electron chi connectivity index (χ1n) is 5.15. The van der Waals surface area contributed by atoms with E-state index in [1.54, 1.807) is 10.9 Å². The van der Waals surface area contributed by atoms with E-state index in [-0.39, 0.29) is 0 Å². The molecule has 6 heteroatoms. The minimum atomic E-state index is 0.449. The summed E-state index contributed by atoms with van der Waals surface area (Å²) in [5.41, 5.74) is 0.761. The minimum absolute atomic E-state index is 0.449. The van der Waals surface area contributed by atoms with Crippen LogP contribution in [0.4, 0.5) is 0 Å². The molecule has 2 aromatic heterocycles. The van der Waals surface area contributed by atoms with Gasteiger partial charge in [-0.2, -0.15) is 5.10 Å². The topological polar surface area (TPSA) is 52.8 Å². The molecule has 0 unspecified atom stereocenters. The molecule has 0 spiro atoms. The van der Waals surface area contributed by atoms with Crippen LogP contribution in [0.3, 0.4) is 0 Å². The van der Waals surface area contributed by atoms with Gasteiger partial charge in [-0.25, -0.2) is 14.6 Å². The highest BCUT2D eigenvalue weighted by atomic mass is 35.5. The predicted molar refractivity (Wildman–Crippen MR) is 61.6 cm³/mol. The largest absolute Gasteiger partial charge is 0.380 e. The first-order valence-corrected chi connectivity index (χ1v) is 5.53. The summed E-state index contributed by atoms with van der Waals surface area (Å²) in [6.07, 6.45) is 1.68. The number of nitrogens with zero attached hydrogens (tertiary/aromatic N) is 4. The molecule has 0 fully saturated rings. The van der Waals surface area contributed by atoms with E-state index in [0.717, 1.165) is 11.0 Å². The average molecular weight is 241 g/mol. The molecule has 5 nitrogen and oxygen atoms in total. The van der Waals surface area contributed by atoms with Gasteiger partial charge in [-0.05, 0) is 13.8 Å². The van der Waals surface area contributed by atoms with Crippen LogP contribution in [0.15, 0.2) is 6.20 Å². The molecule has 2 heterocycles. The third kappa shape index (κ3) is 2.15. The van der Waals surface area contributed by atoms with Gasteiger partial charge in [0, 0.05) is 6.61 Å². The summed E-state index contributed by atoms with van der Waals surface area (Å²) >= 11 is 6.00. The van der Waals surface area contributed by atoms with E-state index in [9.17, 15) is 0 Å². The summed E-state index contributed by atoms with van der Waals surface area (Å²) in [6.45, 7) is 5.77. The molecule has 0 aromatic carbocycles. The summed E-state index contributed by atoms with van der Waals surface area (Å²) in [6, 6.07) is 0. The summed E-state index contributed by atoms with van der Waals surface area (Å²) < 4.78 is 7.06. The molecule has 2 aromatic rings. The Morgan fingerprint density at radius 1 is 1.44 bits per heavy atom. The van der Waals surface area contributed by atoms with Crippen molar-refractivity contribution in [3.63, 3.8) is 0 Å². The van der Waals surface area contributed by atoms with Crippen molar-refractivity contribution in [2.24, 2.45) is 0 Å². The lowest BCUT2D eigenvalue weighted by molar-refractivity contribution is 0.137. The molecule has 0 bridgehead atoms. The number of rotatable bonds is 4. The number of fused-ring (bicyclic) bond motifs is 1. The Hall–Kier alpha value is -1.20. The van der Waals surface area contributed by atoms with E-state index in [1.807, 2.05) is 13.8 Å². The van der Waals surface area contributed by atoms with Crippen LogP contribution < -0.4 is 0 Å². The van der Waals surface area contributed by atoms with Gasteiger partial charge in [-0.15, -0.1) is 0 Å². The standard InChI is InChI=1S/C10H13ClN4O/c1-3-16-5-4-15-10-8(6-12-15)9(11)13-7(2)14-10/h6H,3-5H2,1-2H3. The Morgan fingerprint density at radius 3 is 3.00 bits per heavy atom.